The van der Waals surface area contributed by atoms with Gasteiger partial charge in [-0.25, -0.2) is 0 Å². The topological polar surface area (TPSA) is 14.3 Å². The Morgan fingerprint density at radius 2 is 1.04 bits per heavy atom. The van der Waals surface area contributed by atoms with Crippen LogP contribution in [0.25, 0.3) is 94.3 Å². The number of nitrogens with zero attached hydrogens (tertiary/aromatic N) is 3. The highest BCUT2D eigenvalue weighted by Gasteiger charge is 2.26. The first-order chi connectivity index (χ1) is 22.8. The van der Waals surface area contributed by atoms with Crippen molar-refractivity contribution in [1.82, 2.24) is 13.5 Å². The Labute approximate surface area is 265 Å². The molecule has 3 nitrogen and oxygen atoms in total. The van der Waals surface area contributed by atoms with Gasteiger partial charge in [0.15, 0.2) is 0 Å². The maximum Gasteiger partial charge on any atom is 0.0641 e. The largest absolute Gasteiger partial charge is 0.309 e. The first-order valence-electron chi connectivity index (χ1n) is 15.9. The lowest BCUT2D eigenvalue weighted by molar-refractivity contribution is 1.11. The molecule has 3 heteroatoms. The molecule has 0 fully saturated rings. The smallest absolute Gasteiger partial charge is 0.0641 e. The van der Waals surface area contributed by atoms with E-state index >= 15 is 0 Å². The molecule has 0 saturated heterocycles. The van der Waals surface area contributed by atoms with Crippen LogP contribution in [0.3, 0.4) is 0 Å². The van der Waals surface area contributed by atoms with Gasteiger partial charge in [-0.3, -0.25) is 0 Å². The van der Waals surface area contributed by atoms with Crippen molar-refractivity contribution in [2.45, 2.75) is 6.92 Å². The van der Waals surface area contributed by atoms with E-state index in [4.69, 9.17) is 0 Å². The monoisotopic (exact) mass is 587 g/mol. The van der Waals surface area contributed by atoms with Gasteiger partial charge >= 0.3 is 0 Å². The zero-order chi connectivity index (χ0) is 30.5. The molecule has 0 bridgehead atoms. The average Bonchev–Trinajstić information content (AvgIpc) is 3.83. The molecule has 216 valence electrons. The molecule has 0 atom stereocenters. The van der Waals surface area contributed by atoms with Crippen molar-refractivity contribution in [2.24, 2.45) is 0 Å². The van der Waals surface area contributed by atoms with E-state index in [9.17, 15) is 0 Å². The van der Waals surface area contributed by atoms with E-state index < -0.39 is 0 Å². The Hall–Kier alpha value is -6.06. The molecule has 0 radical (unpaired) electrons. The van der Waals surface area contributed by atoms with E-state index in [1.54, 1.807) is 0 Å². The second kappa shape index (κ2) is 9.23. The molecular formula is C43H29N3. The summed E-state index contributed by atoms with van der Waals surface area (Å²) in [6.07, 6.45) is 6.34. The van der Waals surface area contributed by atoms with Gasteiger partial charge in [0.2, 0.25) is 0 Å². The molecule has 0 unspecified atom stereocenters. The predicted octanol–water partition coefficient (Wildman–Crippen LogP) is 11.6. The number of rotatable bonds is 4. The standard InChI is InChI=1S/C43H29N3/c1-3-14-29-31-23-25-37-39(42(31)44(35(29)4-2)27-15-7-5-8-16-27)33-20-13-21-34-40-38(46(37)41(33)34)26-24-32-30-19-11-12-22-36(30)45(43(32)40)28-17-9-6-10-18-28/h3-26H,2H2,1H3/b14-3-. The Morgan fingerprint density at radius 1 is 0.478 bits per heavy atom. The highest BCUT2D eigenvalue weighted by Crippen LogP contribution is 2.47. The fourth-order valence-corrected chi connectivity index (χ4v) is 8.15. The van der Waals surface area contributed by atoms with E-state index in [1.807, 2.05) is 6.08 Å². The van der Waals surface area contributed by atoms with Crippen molar-refractivity contribution in [3.8, 4) is 11.4 Å². The van der Waals surface area contributed by atoms with E-state index in [1.165, 1.54) is 82.1 Å². The Kier molecular flexibility index (Phi) is 5.07. The minimum Gasteiger partial charge on any atom is -0.309 e. The fraction of sp³-hybridized carbons (Fsp3) is 0.0233. The number of aromatic nitrogens is 3. The summed E-state index contributed by atoms with van der Waals surface area (Å²) >= 11 is 0. The van der Waals surface area contributed by atoms with Crippen molar-refractivity contribution in [3.63, 3.8) is 0 Å². The zero-order valence-corrected chi connectivity index (χ0v) is 25.4. The van der Waals surface area contributed by atoms with Crippen LogP contribution in [0.5, 0.6) is 0 Å². The number of para-hydroxylation sites is 4. The summed E-state index contributed by atoms with van der Waals surface area (Å²) in [6, 6.07) is 46.4. The fourth-order valence-electron chi connectivity index (χ4n) is 8.15. The molecule has 0 N–H and O–H groups in total. The van der Waals surface area contributed by atoms with Crippen molar-refractivity contribution in [3.05, 3.63) is 151 Å². The van der Waals surface area contributed by atoms with Crippen molar-refractivity contribution in [2.75, 3.05) is 0 Å². The van der Waals surface area contributed by atoms with Gasteiger partial charge in [-0.15, -0.1) is 0 Å². The highest BCUT2D eigenvalue weighted by atomic mass is 15.0. The summed E-state index contributed by atoms with van der Waals surface area (Å²) in [5.41, 5.74) is 12.0. The molecule has 0 aliphatic heterocycles. The number of allylic oxidation sites excluding steroid dienone is 1. The summed E-state index contributed by atoms with van der Waals surface area (Å²) in [6.45, 7) is 6.36. The Morgan fingerprint density at radius 3 is 1.70 bits per heavy atom. The molecule has 6 aromatic carbocycles. The van der Waals surface area contributed by atoms with Crippen molar-refractivity contribution < 1.29 is 0 Å². The van der Waals surface area contributed by atoms with Gasteiger partial charge in [0.1, 0.15) is 0 Å². The lowest BCUT2D eigenvalue weighted by Crippen LogP contribution is -1.97. The normalized spacial score (nSPS) is 12.5. The van der Waals surface area contributed by atoms with Crippen LogP contribution in [-0.2, 0) is 0 Å². The molecule has 4 heterocycles. The van der Waals surface area contributed by atoms with Crippen molar-refractivity contribution in [1.29, 1.82) is 0 Å². The summed E-state index contributed by atoms with van der Waals surface area (Å²) in [5.74, 6) is 0. The molecule has 10 aromatic rings. The molecule has 0 aliphatic rings. The van der Waals surface area contributed by atoms with Gasteiger partial charge in [-0.2, -0.15) is 0 Å². The molecule has 0 aliphatic carbocycles. The first-order valence-corrected chi connectivity index (χ1v) is 15.9. The predicted molar refractivity (Wildman–Crippen MR) is 197 cm³/mol. The third-order valence-corrected chi connectivity index (χ3v) is 9.84. The zero-order valence-electron chi connectivity index (χ0n) is 25.4. The lowest BCUT2D eigenvalue weighted by Gasteiger charge is -2.11. The Bertz CT molecular complexity index is 2860. The number of benzene rings is 6. The molecule has 0 spiro atoms. The van der Waals surface area contributed by atoms with Crippen molar-refractivity contribution >= 4 is 83.0 Å². The highest BCUT2D eigenvalue weighted by molar-refractivity contribution is 6.33. The quantitative estimate of drug-likeness (QED) is 0.194. The van der Waals surface area contributed by atoms with Crippen LogP contribution in [0.2, 0.25) is 0 Å². The van der Waals surface area contributed by atoms with Gasteiger partial charge < -0.3 is 13.5 Å². The van der Waals surface area contributed by atoms with E-state index in [-0.39, 0.29) is 0 Å². The van der Waals surface area contributed by atoms with Gasteiger partial charge in [0.05, 0.1) is 38.8 Å². The van der Waals surface area contributed by atoms with Crippen LogP contribution in [0, 0.1) is 0 Å². The van der Waals surface area contributed by atoms with Gasteiger partial charge in [-0.05, 0) is 55.5 Å². The summed E-state index contributed by atoms with van der Waals surface area (Å²) in [4.78, 5) is 0. The maximum atomic E-state index is 4.28. The SMILES string of the molecule is C=Cc1c(/C=C\C)c2ccc3c(c4cccc5c6c7c(ccc6n3c45)c3ccccc3n7-c3ccccc3)c2n1-c1ccccc1. The van der Waals surface area contributed by atoms with E-state index in [2.05, 4.69) is 167 Å². The molecule has 0 saturated carbocycles. The van der Waals surface area contributed by atoms with Gasteiger partial charge in [0.25, 0.3) is 0 Å². The van der Waals surface area contributed by atoms with E-state index in [0.29, 0.717) is 0 Å². The first kappa shape index (κ1) is 25.3. The molecule has 4 aromatic heterocycles. The van der Waals surface area contributed by atoms with Crippen LogP contribution in [0.1, 0.15) is 18.2 Å². The minimum atomic E-state index is 1.11. The second-order valence-electron chi connectivity index (χ2n) is 12.1. The summed E-state index contributed by atoms with van der Waals surface area (Å²) in [5, 5.41) is 8.88. The molecule has 46 heavy (non-hydrogen) atoms. The van der Waals surface area contributed by atoms with Crippen LogP contribution < -0.4 is 0 Å². The Balaban J connectivity index is 1.45. The average molecular weight is 588 g/mol. The maximum absolute atomic E-state index is 4.28. The van der Waals surface area contributed by atoms with E-state index in [0.717, 1.165) is 11.4 Å². The van der Waals surface area contributed by atoms with Gasteiger partial charge in [0, 0.05) is 54.6 Å². The molecule has 0 amide bonds. The second-order valence-corrected chi connectivity index (χ2v) is 12.1. The lowest BCUT2D eigenvalue weighted by atomic mass is 10.0. The third kappa shape index (κ3) is 3.07. The third-order valence-electron chi connectivity index (χ3n) is 9.84. The number of hydrogen-bond acceptors (Lipinski definition) is 0. The number of fused-ring (bicyclic) bond motifs is 12. The summed E-state index contributed by atoms with van der Waals surface area (Å²) in [7, 11) is 0. The molecule has 10 rings (SSSR count). The van der Waals surface area contributed by atoms with Crippen LogP contribution in [-0.4, -0.2) is 13.5 Å². The summed E-state index contributed by atoms with van der Waals surface area (Å²) < 4.78 is 7.36. The minimum absolute atomic E-state index is 1.11. The van der Waals surface area contributed by atoms with Crippen LogP contribution in [0.15, 0.2) is 140 Å². The molecular weight excluding hydrogens is 558 g/mol. The number of hydrogen-bond donors (Lipinski definition) is 0. The van der Waals surface area contributed by atoms with Gasteiger partial charge in [-0.1, -0.05) is 104 Å². The van der Waals surface area contributed by atoms with Crippen LogP contribution in [0.4, 0.5) is 0 Å². The van der Waals surface area contributed by atoms with Crippen LogP contribution >= 0.6 is 0 Å².